The van der Waals surface area contributed by atoms with Crippen molar-refractivity contribution in [3.63, 3.8) is 0 Å². The number of carbonyl (C=O) groups is 1. The third-order valence-corrected chi connectivity index (χ3v) is 6.86. The van der Waals surface area contributed by atoms with Gasteiger partial charge in [0.2, 0.25) is 5.95 Å². The molecule has 0 radical (unpaired) electrons. The van der Waals surface area contributed by atoms with E-state index in [1.54, 1.807) is 4.68 Å². The Morgan fingerprint density at radius 3 is 2.45 bits per heavy atom. The van der Waals surface area contributed by atoms with Crippen molar-refractivity contribution in [2.75, 3.05) is 10.6 Å². The summed E-state index contributed by atoms with van der Waals surface area (Å²) in [7, 11) is 0. The molecule has 0 saturated heterocycles. The van der Waals surface area contributed by atoms with Crippen LogP contribution < -0.4 is 15.4 Å². The van der Waals surface area contributed by atoms with Crippen LogP contribution in [-0.4, -0.2) is 20.7 Å². The summed E-state index contributed by atoms with van der Waals surface area (Å²) in [5, 5.41) is 10.8. The monoisotopic (exact) mass is 507 g/mol. The summed E-state index contributed by atoms with van der Waals surface area (Å²) >= 11 is 0. The molecule has 5 rings (SSSR count). The Bertz CT molecular complexity index is 1500. The molecule has 2 heterocycles. The predicted octanol–water partition coefficient (Wildman–Crippen LogP) is 6.39. The summed E-state index contributed by atoms with van der Waals surface area (Å²) < 4.78 is 8.09. The number of nitrogens with zero attached hydrogens (tertiary/aromatic N) is 3. The van der Waals surface area contributed by atoms with Crippen LogP contribution in [-0.2, 0) is 16.8 Å². The van der Waals surface area contributed by atoms with Gasteiger partial charge in [-0.1, -0.05) is 81.4 Å². The second-order valence-corrected chi connectivity index (χ2v) is 10.6. The Balaban J connectivity index is 1.48. The zero-order valence-electron chi connectivity index (χ0n) is 22.4. The van der Waals surface area contributed by atoms with Gasteiger partial charge in [0, 0.05) is 16.9 Å². The maximum Gasteiger partial charge on any atom is 0.255 e. The van der Waals surface area contributed by atoms with Gasteiger partial charge in [0.05, 0.1) is 5.57 Å². The van der Waals surface area contributed by atoms with E-state index in [4.69, 9.17) is 4.74 Å². The SMILES string of the molecule is CC1=C(C(=O)Nc2ccccc2C)C(c2ccccc2OCc2ccc(C(C)(C)C)cc2)n2ncnc2N1. The van der Waals surface area contributed by atoms with Gasteiger partial charge in [-0.05, 0) is 48.1 Å². The van der Waals surface area contributed by atoms with E-state index >= 15 is 0 Å². The van der Waals surface area contributed by atoms with Crippen LogP contribution in [0.2, 0.25) is 0 Å². The molecule has 1 aliphatic heterocycles. The fourth-order valence-electron chi connectivity index (χ4n) is 4.68. The molecule has 1 aromatic heterocycles. The number of allylic oxidation sites excluding steroid dienone is 1. The van der Waals surface area contributed by atoms with Crippen molar-refractivity contribution in [3.8, 4) is 5.75 Å². The number of fused-ring (bicyclic) bond motifs is 1. The molecule has 1 aliphatic rings. The number of para-hydroxylation sites is 2. The number of carbonyl (C=O) groups excluding carboxylic acids is 1. The van der Waals surface area contributed by atoms with Gasteiger partial charge in [0.15, 0.2) is 0 Å². The normalized spacial score (nSPS) is 15.0. The van der Waals surface area contributed by atoms with Gasteiger partial charge in [-0.2, -0.15) is 10.1 Å². The van der Waals surface area contributed by atoms with E-state index in [2.05, 4.69) is 65.8 Å². The highest BCUT2D eigenvalue weighted by Crippen LogP contribution is 2.39. The van der Waals surface area contributed by atoms with E-state index in [1.165, 1.54) is 11.9 Å². The molecule has 1 unspecified atom stereocenters. The molecule has 1 amide bonds. The number of anilines is 2. The molecule has 3 aromatic carbocycles. The lowest BCUT2D eigenvalue weighted by molar-refractivity contribution is -0.113. The number of nitrogens with one attached hydrogen (secondary N) is 2. The fraction of sp³-hybridized carbons (Fsp3) is 0.258. The van der Waals surface area contributed by atoms with Gasteiger partial charge < -0.3 is 15.4 Å². The average Bonchev–Trinajstić information content (AvgIpc) is 3.36. The van der Waals surface area contributed by atoms with Crippen LogP contribution in [0, 0.1) is 6.92 Å². The lowest BCUT2D eigenvalue weighted by Crippen LogP contribution is -2.32. The average molecular weight is 508 g/mol. The highest BCUT2D eigenvalue weighted by Gasteiger charge is 2.35. The molecule has 1 atom stereocenters. The first kappa shape index (κ1) is 25.3. The van der Waals surface area contributed by atoms with Gasteiger partial charge in [0.25, 0.3) is 5.91 Å². The maximum absolute atomic E-state index is 13.7. The Kier molecular flexibility index (Phi) is 6.76. The molecule has 0 fully saturated rings. The van der Waals surface area contributed by atoms with Crippen LogP contribution in [0.3, 0.4) is 0 Å². The Morgan fingerprint density at radius 2 is 1.71 bits per heavy atom. The summed E-state index contributed by atoms with van der Waals surface area (Å²) in [5.74, 6) is 1.06. The molecule has 0 spiro atoms. The standard InChI is InChI=1S/C31H33N5O2/c1-20-10-6-8-12-25(20)35-29(37)27-21(2)34-30-32-19-33-36(30)28(27)24-11-7-9-13-26(24)38-18-22-14-16-23(17-15-22)31(3,4)5/h6-17,19,28H,18H2,1-5H3,(H,35,37)(H,32,33,34). The minimum Gasteiger partial charge on any atom is -0.489 e. The van der Waals surface area contributed by atoms with Crippen LogP contribution in [0.4, 0.5) is 11.6 Å². The Labute approximate surface area is 223 Å². The van der Waals surface area contributed by atoms with Crippen molar-refractivity contribution in [2.45, 2.75) is 52.7 Å². The fourth-order valence-corrected chi connectivity index (χ4v) is 4.68. The summed E-state index contributed by atoms with van der Waals surface area (Å²) in [6.45, 7) is 10.9. The zero-order chi connectivity index (χ0) is 26.9. The molecule has 0 bridgehead atoms. The highest BCUT2D eigenvalue weighted by molar-refractivity contribution is 6.06. The second-order valence-electron chi connectivity index (χ2n) is 10.6. The number of rotatable bonds is 6. The van der Waals surface area contributed by atoms with E-state index in [0.29, 0.717) is 29.6 Å². The van der Waals surface area contributed by atoms with Crippen molar-refractivity contribution in [1.82, 2.24) is 14.8 Å². The largest absolute Gasteiger partial charge is 0.489 e. The summed E-state index contributed by atoms with van der Waals surface area (Å²) in [5.41, 5.74) is 6.30. The van der Waals surface area contributed by atoms with Crippen LogP contribution >= 0.6 is 0 Å². The minimum absolute atomic E-state index is 0.0932. The van der Waals surface area contributed by atoms with Crippen LogP contribution in [0.1, 0.15) is 56.0 Å². The number of hydrogen-bond acceptors (Lipinski definition) is 5. The maximum atomic E-state index is 13.7. The molecule has 2 N–H and O–H groups in total. The molecule has 194 valence electrons. The predicted molar refractivity (Wildman–Crippen MR) is 150 cm³/mol. The molecule has 7 heteroatoms. The number of aryl methyl sites for hydroxylation is 1. The quantitative estimate of drug-likeness (QED) is 0.316. The Hall–Kier alpha value is -4.39. The van der Waals surface area contributed by atoms with Gasteiger partial charge in [-0.15, -0.1) is 0 Å². The lowest BCUT2D eigenvalue weighted by atomic mass is 9.87. The van der Waals surface area contributed by atoms with E-state index in [-0.39, 0.29) is 11.3 Å². The van der Waals surface area contributed by atoms with Crippen molar-refractivity contribution in [1.29, 1.82) is 0 Å². The topological polar surface area (TPSA) is 81.1 Å². The zero-order valence-corrected chi connectivity index (χ0v) is 22.4. The van der Waals surface area contributed by atoms with E-state index in [1.807, 2.05) is 62.4 Å². The number of benzene rings is 3. The van der Waals surface area contributed by atoms with Gasteiger partial charge in [-0.3, -0.25) is 4.79 Å². The first-order chi connectivity index (χ1) is 18.2. The van der Waals surface area contributed by atoms with Crippen molar-refractivity contribution in [3.05, 3.63) is 113 Å². The van der Waals surface area contributed by atoms with Crippen LogP contribution in [0.5, 0.6) is 5.75 Å². The highest BCUT2D eigenvalue weighted by atomic mass is 16.5. The first-order valence-corrected chi connectivity index (χ1v) is 12.8. The van der Waals surface area contributed by atoms with Gasteiger partial charge in [0.1, 0.15) is 24.7 Å². The van der Waals surface area contributed by atoms with E-state index in [0.717, 1.165) is 22.4 Å². The van der Waals surface area contributed by atoms with Crippen molar-refractivity contribution in [2.24, 2.45) is 0 Å². The molecule has 0 saturated carbocycles. The van der Waals surface area contributed by atoms with Crippen molar-refractivity contribution < 1.29 is 9.53 Å². The molecule has 7 nitrogen and oxygen atoms in total. The molecular weight excluding hydrogens is 474 g/mol. The second kappa shape index (κ2) is 10.2. The molecular formula is C31H33N5O2. The van der Waals surface area contributed by atoms with Gasteiger partial charge in [-0.25, -0.2) is 4.68 Å². The van der Waals surface area contributed by atoms with Crippen LogP contribution in [0.25, 0.3) is 0 Å². The number of aromatic nitrogens is 3. The lowest BCUT2D eigenvalue weighted by Gasteiger charge is -2.30. The number of hydrogen-bond donors (Lipinski definition) is 2. The van der Waals surface area contributed by atoms with E-state index < -0.39 is 6.04 Å². The van der Waals surface area contributed by atoms with Crippen LogP contribution in [0.15, 0.2) is 90.4 Å². The summed E-state index contributed by atoms with van der Waals surface area (Å²) in [6.07, 6.45) is 1.49. The van der Waals surface area contributed by atoms with E-state index in [9.17, 15) is 4.79 Å². The van der Waals surface area contributed by atoms with Gasteiger partial charge >= 0.3 is 0 Å². The smallest absolute Gasteiger partial charge is 0.255 e. The molecule has 38 heavy (non-hydrogen) atoms. The number of ether oxygens (including phenoxy) is 1. The summed E-state index contributed by atoms with van der Waals surface area (Å²) in [6, 6.07) is 23.5. The third-order valence-electron chi connectivity index (χ3n) is 6.86. The molecule has 0 aliphatic carbocycles. The van der Waals surface area contributed by atoms with Crippen molar-refractivity contribution >= 4 is 17.5 Å². The molecule has 4 aromatic rings. The first-order valence-electron chi connectivity index (χ1n) is 12.8. The Morgan fingerprint density at radius 1 is 1.00 bits per heavy atom. The number of amides is 1. The third kappa shape index (κ3) is 5.05. The minimum atomic E-state index is -0.516. The summed E-state index contributed by atoms with van der Waals surface area (Å²) in [4.78, 5) is 18.1.